The summed E-state index contributed by atoms with van der Waals surface area (Å²) in [5.74, 6) is 0. The molecular weight excluding hydrogens is 344 g/mol. The molecule has 2 nitrogen and oxygen atoms in total. The van der Waals surface area contributed by atoms with E-state index < -0.39 is 0 Å². The van der Waals surface area contributed by atoms with Gasteiger partial charge in [0.25, 0.3) is 0 Å². The maximum absolute atomic E-state index is 4.68. The van der Waals surface area contributed by atoms with Crippen LogP contribution in [-0.4, -0.2) is 19.6 Å². The van der Waals surface area contributed by atoms with Gasteiger partial charge in [0.1, 0.15) is 0 Å². The fraction of sp³-hybridized carbons (Fsp3) is 0.636. The van der Waals surface area contributed by atoms with Crippen molar-refractivity contribution in [3.8, 4) is 0 Å². The number of nitrogens with one attached hydrogen (secondary N) is 1. The Balaban J connectivity index is 0.000000980. The van der Waals surface area contributed by atoms with E-state index in [-0.39, 0.29) is 26.5 Å². The summed E-state index contributed by atoms with van der Waals surface area (Å²) in [5.41, 5.74) is 2.91. The van der Waals surface area contributed by atoms with E-state index >= 15 is 0 Å². The molecule has 14 heavy (non-hydrogen) atoms. The smallest absolute Gasteiger partial charge is 0.0190 e. The molecule has 2 heterocycles. The maximum Gasteiger partial charge on any atom is 0.0190 e. The molecular formula is C11H17N2W-. The Labute approximate surface area is 100 Å². The van der Waals surface area contributed by atoms with Crippen molar-refractivity contribution in [2.24, 2.45) is 5.41 Å². The van der Waals surface area contributed by atoms with E-state index in [0.29, 0.717) is 0 Å². The second-order valence-electron chi connectivity index (χ2n) is 4.43. The zero-order chi connectivity index (χ0) is 9.31. The zero-order valence-corrected chi connectivity index (χ0v) is 11.8. The van der Waals surface area contributed by atoms with Crippen LogP contribution >= 0.6 is 0 Å². The first-order chi connectivity index (χ1) is 6.20. The Morgan fingerprint density at radius 3 is 3.00 bits per heavy atom. The number of hydrogen-bond donors (Lipinski definition) is 1. The van der Waals surface area contributed by atoms with Crippen molar-refractivity contribution in [2.75, 3.05) is 19.6 Å². The second-order valence-corrected chi connectivity index (χ2v) is 4.43. The van der Waals surface area contributed by atoms with Crippen molar-refractivity contribution in [1.82, 2.24) is 5.32 Å². The molecule has 0 unspecified atom stereocenters. The Hall–Kier alpha value is -0.0717. The van der Waals surface area contributed by atoms with Gasteiger partial charge in [-0.1, -0.05) is 38.0 Å². The minimum Gasteiger partial charge on any atom is -0.687 e. The van der Waals surface area contributed by atoms with Gasteiger partial charge in [-0.15, -0.1) is 6.54 Å². The summed E-state index contributed by atoms with van der Waals surface area (Å²) in [6.07, 6.45) is 5.55. The molecule has 0 aromatic rings. The van der Waals surface area contributed by atoms with Gasteiger partial charge in [-0.3, -0.25) is 0 Å². The van der Waals surface area contributed by atoms with Crippen molar-refractivity contribution >= 4 is 0 Å². The Morgan fingerprint density at radius 1 is 1.43 bits per heavy atom. The second kappa shape index (κ2) is 4.63. The van der Waals surface area contributed by atoms with Crippen LogP contribution in [0.25, 0.3) is 5.32 Å². The zero-order valence-electron chi connectivity index (χ0n) is 8.84. The van der Waals surface area contributed by atoms with Gasteiger partial charge in [0.05, 0.1) is 0 Å². The van der Waals surface area contributed by atoms with E-state index in [2.05, 4.69) is 36.6 Å². The van der Waals surface area contributed by atoms with Crippen LogP contribution in [-0.2, 0) is 21.1 Å². The van der Waals surface area contributed by atoms with E-state index in [9.17, 15) is 0 Å². The molecule has 78 valence electrons. The Bertz CT molecular complexity index is 266. The SMILES string of the molecule is CC1(C)CNCC2=C1[N-]CCC=C2.[W]. The number of rotatable bonds is 0. The molecule has 1 N–H and O–H groups in total. The van der Waals surface area contributed by atoms with Gasteiger partial charge in [-0.25, -0.2) is 0 Å². The van der Waals surface area contributed by atoms with E-state index in [1.807, 2.05) is 0 Å². The van der Waals surface area contributed by atoms with Crippen LogP contribution in [0.3, 0.4) is 0 Å². The molecule has 0 saturated heterocycles. The molecule has 2 aliphatic heterocycles. The quantitative estimate of drug-likeness (QED) is 0.704. The molecule has 0 radical (unpaired) electrons. The predicted octanol–water partition coefficient (Wildman–Crippen LogP) is 2.20. The van der Waals surface area contributed by atoms with Gasteiger partial charge in [-0.2, -0.15) is 5.70 Å². The summed E-state index contributed by atoms with van der Waals surface area (Å²) >= 11 is 0. The van der Waals surface area contributed by atoms with Crippen molar-refractivity contribution in [2.45, 2.75) is 20.3 Å². The largest absolute Gasteiger partial charge is 0.687 e. The van der Waals surface area contributed by atoms with Crippen LogP contribution in [0, 0.1) is 5.41 Å². The first-order valence-electron chi connectivity index (χ1n) is 4.98. The van der Waals surface area contributed by atoms with Crippen LogP contribution in [0.1, 0.15) is 20.3 Å². The van der Waals surface area contributed by atoms with Crippen LogP contribution in [0.2, 0.25) is 0 Å². The topological polar surface area (TPSA) is 26.1 Å². The predicted molar refractivity (Wildman–Crippen MR) is 55.7 cm³/mol. The molecule has 0 bridgehead atoms. The average molecular weight is 361 g/mol. The van der Waals surface area contributed by atoms with Gasteiger partial charge in [-0.05, 0) is 5.41 Å². The van der Waals surface area contributed by atoms with Gasteiger partial charge >= 0.3 is 0 Å². The molecule has 0 aromatic carbocycles. The maximum atomic E-state index is 4.68. The summed E-state index contributed by atoms with van der Waals surface area (Å²) in [7, 11) is 0. The van der Waals surface area contributed by atoms with Gasteiger partial charge in [0.15, 0.2) is 0 Å². The standard InChI is InChI=1S/C11H17N2.W/c1-11(2)8-12-7-9-5-3-4-6-13-10(9)11;/h3,5,12H,4,6-8H2,1-2H3;/q-1;. The average Bonchev–Trinajstić information content (AvgIpc) is 2.29. The third kappa shape index (κ3) is 2.29. The molecule has 0 atom stereocenters. The first-order valence-corrected chi connectivity index (χ1v) is 4.98. The molecule has 3 heteroatoms. The van der Waals surface area contributed by atoms with Gasteiger partial charge in [0, 0.05) is 34.2 Å². The normalized spacial score (nSPS) is 24.4. The van der Waals surface area contributed by atoms with Gasteiger partial charge in [0.2, 0.25) is 0 Å². The molecule has 2 aliphatic rings. The summed E-state index contributed by atoms with van der Waals surface area (Å²) in [4.78, 5) is 0. The van der Waals surface area contributed by atoms with E-state index in [1.165, 1.54) is 11.3 Å². The Morgan fingerprint density at radius 2 is 2.21 bits per heavy atom. The third-order valence-corrected chi connectivity index (χ3v) is 2.71. The van der Waals surface area contributed by atoms with Gasteiger partial charge < -0.3 is 10.6 Å². The first kappa shape index (κ1) is 12.0. The molecule has 0 saturated carbocycles. The van der Waals surface area contributed by atoms with E-state index in [1.54, 1.807) is 0 Å². The summed E-state index contributed by atoms with van der Waals surface area (Å²) in [6, 6.07) is 0. The molecule has 0 amide bonds. The van der Waals surface area contributed by atoms with Crippen molar-refractivity contribution in [3.63, 3.8) is 0 Å². The van der Waals surface area contributed by atoms with Crippen LogP contribution in [0.4, 0.5) is 0 Å². The van der Waals surface area contributed by atoms with E-state index in [0.717, 1.165) is 26.1 Å². The Kier molecular flexibility index (Phi) is 3.97. The monoisotopic (exact) mass is 361 g/mol. The minimum atomic E-state index is 0. The van der Waals surface area contributed by atoms with E-state index in [4.69, 9.17) is 0 Å². The van der Waals surface area contributed by atoms with Crippen molar-refractivity contribution in [3.05, 3.63) is 28.7 Å². The molecule has 0 aromatic heterocycles. The third-order valence-electron chi connectivity index (χ3n) is 2.71. The molecule has 0 fully saturated rings. The van der Waals surface area contributed by atoms with Crippen LogP contribution in [0.15, 0.2) is 23.4 Å². The van der Waals surface area contributed by atoms with Crippen LogP contribution in [0.5, 0.6) is 0 Å². The number of nitrogens with zero attached hydrogens (tertiary/aromatic N) is 1. The number of hydrogen-bond acceptors (Lipinski definition) is 1. The van der Waals surface area contributed by atoms with Crippen LogP contribution < -0.4 is 5.32 Å². The summed E-state index contributed by atoms with van der Waals surface area (Å²) in [6.45, 7) is 7.51. The van der Waals surface area contributed by atoms with Crippen molar-refractivity contribution in [1.29, 1.82) is 0 Å². The summed E-state index contributed by atoms with van der Waals surface area (Å²) in [5, 5.41) is 8.11. The minimum absolute atomic E-state index is 0. The molecule has 0 spiro atoms. The molecule has 2 rings (SSSR count). The summed E-state index contributed by atoms with van der Waals surface area (Å²) < 4.78 is 0. The molecule has 0 aliphatic carbocycles. The van der Waals surface area contributed by atoms with Crippen molar-refractivity contribution < 1.29 is 21.1 Å². The fourth-order valence-corrected chi connectivity index (χ4v) is 2.04. The fourth-order valence-electron chi connectivity index (χ4n) is 2.04.